The number of rotatable bonds is 6. The van der Waals surface area contributed by atoms with Crippen LogP contribution in [0.5, 0.6) is 11.5 Å². The van der Waals surface area contributed by atoms with Crippen LogP contribution in [0.15, 0.2) is 60.8 Å². The van der Waals surface area contributed by atoms with E-state index in [1.54, 1.807) is 26.5 Å². The van der Waals surface area contributed by atoms with Crippen LogP contribution < -0.4 is 20.1 Å². The number of carbonyl (C=O) groups excluding carboxylic acids is 1. The Bertz CT molecular complexity index is 1190. The summed E-state index contributed by atoms with van der Waals surface area (Å²) in [6, 6.07) is 16.9. The molecular formula is C23H24N6O3. The maximum Gasteiger partial charge on any atom is 0.227 e. The van der Waals surface area contributed by atoms with Gasteiger partial charge in [0.15, 0.2) is 17.4 Å². The van der Waals surface area contributed by atoms with E-state index in [1.807, 2.05) is 48.5 Å². The lowest BCUT2D eigenvalue weighted by Gasteiger charge is -2.06. The number of carbonyl (C=O) groups is 1. The molecule has 0 aliphatic heterocycles. The molecule has 2 aromatic heterocycles. The number of aromatic amines is 1. The highest BCUT2D eigenvalue weighted by Crippen LogP contribution is 2.30. The molecule has 2 heterocycles. The third kappa shape index (κ3) is 5.12. The molecule has 32 heavy (non-hydrogen) atoms. The molecule has 1 amide bonds. The number of para-hydroxylation sites is 1. The molecular weight excluding hydrogens is 408 g/mol. The van der Waals surface area contributed by atoms with Gasteiger partial charge in [-0.25, -0.2) is 0 Å². The number of H-pyrrole nitrogens is 1. The highest BCUT2D eigenvalue weighted by Gasteiger charge is 2.29. The fourth-order valence-electron chi connectivity index (χ4n) is 3.01. The predicted octanol–water partition coefficient (Wildman–Crippen LogP) is 4.15. The van der Waals surface area contributed by atoms with Crippen molar-refractivity contribution in [2.75, 3.05) is 24.9 Å². The van der Waals surface area contributed by atoms with Crippen molar-refractivity contribution in [1.82, 2.24) is 20.4 Å². The van der Waals surface area contributed by atoms with Gasteiger partial charge in [-0.15, -0.1) is 5.10 Å². The van der Waals surface area contributed by atoms with Crippen LogP contribution in [0, 0.1) is 5.92 Å². The van der Waals surface area contributed by atoms with Crippen molar-refractivity contribution in [1.29, 1.82) is 0 Å². The van der Waals surface area contributed by atoms with E-state index < -0.39 is 0 Å². The summed E-state index contributed by atoms with van der Waals surface area (Å²) in [4.78, 5) is 11.4. The minimum absolute atomic E-state index is 0.134. The lowest BCUT2D eigenvalue weighted by atomic mass is 10.2. The van der Waals surface area contributed by atoms with Gasteiger partial charge in [-0.05, 0) is 49.2 Å². The third-order valence-electron chi connectivity index (χ3n) is 4.92. The molecule has 1 fully saturated rings. The molecule has 1 saturated carbocycles. The van der Waals surface area contributed by atoms with Crippen molar-refractivity contribution in [3.05, 3.63) is 60.8 Å². The van der Waals surface area contributed by atoms with E-state index in [9.17, 15) is 4.79 Å². The van der Waals surface area contributed by atoms with Crippen LogP contribution in [-0.4, -0.2) is 40.5 Å². The van der Waals surface area contributed by atoms with Gasteiger partial charge >= 0.3 is 0 Å². The molecule has 2 aromatic carbocycles. The highest BCUT2D eigenvalue weighted by molar-refractivity contribution is 5.94. The molecule has 0 bridgehead atoms. The summed E-state index contributed by atoms with van der Waals surface area (Å²) >= 11 is 0. The summed E-state index contributed by atoms with van der Waals surface area (Å²) in [5.41, 5.74) is 1.80. The van der Waals surface area contributed by atoms with Crippen LogP contribution in [0.3, 0.4) is 0 Å². The molecule has 0 atom stereocenters. The van der Waals surface area contributed by atoms with Crippen molar-refractivity contribution < 1.29 is 14.3 Å². The standard InChI is InChI=1S/C12H11N5O.C11H13NO2/c1-18-10-6-7-13-16-12(10)14-11-8-4-2-3-5-9(8)15-17-11;1-14-10-6-4-9(5-7-10)12-11(13)8-2-3-8/h2-7H,1H3,(H2,14,15,16,17);4-8H,2-3H2,1H3,(H,12,13). The Morgan fingerprint density at radius 1 is 1.00 bits per heavy atom. The van der Waals surface area contributed by atoms with Gasteiger partial charge < -0.3 is 20.1 Å². The summed E-state index contributed by atoms with van der Waals surface area (Å²) in [5.74, 6) is 3.04. The molecule has 5 rings (SSSR count). The second kappa shape index (κ2) is 9.78. The first-order chi connectivity index (χ1) is 15.7. The third-order valence-corrected chi connectivity index (χ3v) is 4.92. The van der Waals surface area contributed by atoms with Crippen LogP contribution in [0.25, 0.3) is 10.9 Å². The lowest BCUT2D eigenvalue weighted by molar-refractivity contribution is -0.117. The van der Waals surface area contributed by atoms with Crippen LogP contribution in [-0.2, 0) is 4.79 Å². The van der Waals surface area contributed by atoms with E-state index >= 15 is 0 Å². The fourth-order valence-corrected chi connectivity index (χ4v) is 3.01. The van der Waals surface area contributed by atoms with Gasteiger partial charge in [0.1, 0.15) is 5.75 Å². The van der Waals surface area contributed by atoms with Crippen LogP contribution in [0.2, 0.25) is 0 Å². The maximum atomic E-state index is 11.4. The number of amides is 1. The minimum Gasteiger partial charge on any atom is -0.497 e. The average molecular weight is 432 g/mol. The molecule has 4 aromatic rings. The van der Waals surface area contributed by atoms with E-state index in [-0.39, 0.29) is 11.8 Å². The monoisotopic (exact) mass is 432 g/mol. The topological polar surface area (TPSA) is 114 Å². The van der Waals surface area contributed by atoms with Crippen molar-refractivity contribution in [2.24, 2.45) is 5.92 Å². The minimum atomic E-state index is 0.134. The molecule has 9 nitrogen and oxygen atoms in total. The van der Waals surface area contributed by atoms with Gasteiger partial charge in [0.25, 0.3) is 0 Å². The number of aromatic nitrogens is 4. The number of fused-ring (bicyclic) bond motifs is 1. The fraction of sp³-hybridized carbons (Fsp3) is 0.217. The molecule has 1 aliphatic rings. The quantitative estimate of drug-likeness (QED) is 0.419. The highest BCUT2D eigenvalue weighted by atomic mass is 16.5. The zero-order valence-corrected chi connectivity index (χ0v) is 17.8. The van der Waals surface area contributed by atoms with Crippen LogP contribution in [0.4, 0.5) is 17.3 Å². The van der Waals surface area contributed by atoms with E-state index in [2.05, 4.69) is 31.0 Å². The first-order valence-electron chi connectivity index (χ1n) is 10.2. The summed E-state index contributed by atoms with van der Waals surface area (Å²) < 4.78 is 10.2. The van der Waals surface area contributed by atoms with Crippen LogP contribution >= 0.6 is 0 Å². The van der Waals surface area contributed by atoms with Gasteiger partial charge in [-0.1, -0.05) is 12.1 Å². The first-order valence-corrected chi connectivity index (χ1v) is 10.2. The normalized spacial score (nSPS) is 12.4. The van der Waals surface area contributed by atoms with Crippen molar-refractivity contribution in [2.45, 2.75) is 12.8 Å². The number of benzene rings is 2. The molecule has 0 radical (unpaired) electrons. The molecule has 0 unspecified atom stereocenters. The number of nitrogens with zero attached hydrogens (tertiary/aromatic N) is 3. The van der Waals surface area contributed by atoms with E-state index in [0.717, 1.165) is 35.2 Å². The lowest BCUT2D eigenvalue weighted by Crippen LogP contribution is -2.12. The number of nitrogens with one attached hydrogen (secondary N) is 3. The summed E-state index contributed by atoms with van der Waals surface area (Å²) in [6.07, 6.45) is 3.64. The maximum absolute atomic E-state index is 11.4. The Morgan fingerprint density at radius 3 is 2.50 bits per heavy atom. The van der Waals surface area contributed by atoms with Gasteiger partial charge in [-0.2, -0.15) is 10.2 Å². The predicted molar refractivity (Wildman–Crippen MR) is 122 cm³/mol. The molecule has 1 aliphatic carbocycles. The largest absolute Gasteiger partial charge is 0.497 e. The zero-order valence-electron chi connectivity index (χ0n) is 17.8. The SMILES string of the molecule is COc1ccc(NC(=O)C2CC2)cc1.COc1ccnnc1Nc1n[nH]c2ccccc12. The second-order valence-electron chi connectivity index (χ2n) is 7.18. The number of ether oxygens (including phenoxy) is 2. The van der Waals surface area contributed by atoms with Gasteiger partial charge in [0, 0.05) is 23.1 Å². The number of methoxy groups -OCH3 is 2. The second-order valence-corrected chi connectivity index (χ2v) is 7.18. The zero-order chi connectivity index (χ0) is 22.3. The average Bonchev–Trinajstić information content (AvgIpc) is 3.62. The molecule has 3 N–H and O–H groups in total. The first kappa shape index (κ1) is 21.1. The summed E-state index contributed by atoms with van der Waals surface area (Å²) in [5, 5.41) is 21.9. The molecule has 0 saturated heterocycles. The Labute approximate surface area is 185 Å². The summed E-state index contributed by atoms with van der Waals surface area (Å²) in [7, 11) is 3.21. The van der Waals surface area contributed by atoms with Gasteiger partial charge in [-0.3, -0.25) is 9.89 Å². The molecule has 164 valence electrons. The van der Waals surface area contributed by atoms with Crippen LogP contribution in [0.1, 0.15) is 12.8 Å². The van der Waals surface area contributed by atoms with Crippen molar-refractivity contribution >= 4 is 34.1 Å². The molecule has 9 heteroatoms. The Kier molecular flexibility index (Phi) is 6.45. The van der Waals surface area contributed by atoms with Crippen molar-refractivity contribution in [3.63, 3.8) is 0 Å². The van der Waals surface area contributed by atoms with E-state index in [4.69, 9.17) is 9.47 Å². The smallest absolute Gasteiger partial charge is 0.227 e. The van der Waals surface area contributed by atoms with E-state index in [0.29, 0.717) is 17.4 Å². The van der Waals surface area contributed by atoms with Crippen molar-refractivity contribution in [3.8, 4) is 11.5 Å². The Morgan fingerprint density at radius 2 is 1.78 bits per heavy atom. The molecule has 0 spiro atoms. The number of anilines is 3. The Hall–Kier alpha value is -4.14. The summed E-state index contributed by atoms with van der Waals surface area (Å²) in [6.45, 7) is 0. The number of hydrogen-bond donors (Lipinski definition) is 3. The van der Waals surface area contributed by atoms with E-state index in [1.165, 1.54) is 0 Å². The van der Waals surface area contributed by atoms with Gasteiger partial charge in [0.2, 0.25) is 5.91 Å². The van der Waals surface area contributed by atoms with Gasteiger partial charge in [0.05, 0.1) is 25.9 Å². The number of hydrogen-bond acceptors (Lipinski definition) is 7. The Balaban J connectivity index is 0.000000158.